The second-order valence-electron chi connectivity index (χ2n) is 7.53. The van der Waals surface area contributed by atoms with Gasteiger partial charge in [0.15, 0.2) is 5.78 Å². The van der Waals surface area contributed by atoms with Gasteiger partial charge in [-0.2, -0.15) is 0 Å². The molecule has 3 aromatic carbocycles. The maximum Gasteiger partial charge on any atom is 0.261 e. The molecule has 1 aromatic heterocycles. The minimum absolute atomic E-state index is 0.0376. The Morgan fingerprint density at radius 1 is 1.00 bits per heavy atom. The molecule has 5 rings (SSSR count). The maximum absolute atomic E-state index is 13.1. The van der Waals surface area contributed by atoms with Gasteiger partial charge in [-0.1, -0.05) is 24.3 Å². The zero-order valence-corrected chi connectivity index (χ0v) is 17.8. The Kier molecular flexibility index (Phi) is 4.70. The predicted molar refractivity (Wildman–Crippen MR) is 119 cm³/mol. The fraction of sp³-hybridized carbons (Fsp3) is 0.208. The lowest BCUT2D eigenvalue weighted by Crippen LogP contribution is -2.13. The van der Waals surface area contributed by atoms with Crippen LogP contribution in [0.25, 0.3) is 21.7 Å². The molecule has 0 saturated heterocycles. The van der Waals surface area contributed by atoms with Gasteiger partial charge in [-0.15, -0.1) is 0 Å². The number of fused-ring (bicyclic) bond motifs is 5. The van der Waals surface area contributed by atoms with E-state index in [0.29, 0.717) is 58.6 Å². The van der Waals surface area contributed by atoms with Gasteiger partial charge >= 0.3 is 0 Å². The number of carbonyl (C=O) groups excluding carboxylic acids is 1. The van der Waals surface area contributed by atoms with Crippen LogP contribution in [0.4, 0.5) is 5.69 Å². The summed E-state index contributed by atoms with van der Waals surface area (Å²) in [7, 11) is -3.84. The van der Waals surface area contributed by atoms with Crippen LogP contribution in [0.15, 0.2) is 63.9 Å². The summed E-state index contributed by atoms with van der Waals surface area (Å²) in [5, 5.41) is 2.14. The molecule has 0 atom stereocenters. The number of hydrogen-bond acceptors (Lipinski definition) is 5. The van der Waals surface area contributed by atoms with Gasteiger partial charge in [0.05, 0.1) is 22.8 Å². The molecule has 1 N–H and O–H groups in total. The molecule has 31 heavy (non-hydrogen) atoms. The Labute approximate surface area is 179 Å². The van der Waals surface area contributed by atoms with Crippen molar-refractivity contribution in [1.29, 1.82) is 0 Å². The number of anilines is 1. The molecule has 0 spiro atoms. The van der Waals surface area contributed by atoms with Gasteiger partial charge in [-0.25, -0.2) is 8.42 Å². The first-order valence-electron chi connectivity index (χ1n) is 10.2. The average molecular weight is 436 g/mol. The van der Waals surface area contributed by atoms with E-state index in [1.54, 1.807) is 18.2 Å². The molecular weight excluding hydrogens is 414 g/mol. The van der Waals surface area contributed by atoms with Crippen LogP contribution in [-0.2, 0) is 16.4 Å². The molecule has 1 aliphatic rings. The van der Waals surface area contributed by atoms with Crippen molar-refractivity contribution >= 4 is 43.2 Å². The van der Waals surface area contributed by atoms with Gasteiger partial charge in [0.25, 0.3) is 10.0 Å². The van der Waals surface area contributed by atoms with Crippen molar-refractivity contribution in [2.24, 2.45) is 0 Å². The van der Waals surface area contributed by atoms with Gasteiger partial charge < -0.3 is 9.15 Å². The molecule has 4 aromatic rings. The highest BCUT2D eigenvalue weighted by Gasteiger charge is 2.27. The van der Waals surface area contributed by atoms with Crippen molar-refractivity contribution in [2.75, 3.05) is 11.3 Å². The summed E-state index contributed by atoms with van der Waals surface area (Å²) in [6.45, 7) is 2.37. The third kappa shape index (κ3) is 3.35. The van der Waals surface area contributed by atoms with E-state index in [4.69, 9.17) is 9.15 Å². The zero-order valence-electron chi connectivity index (χ0n) is 17.0. The fourth-order valence-corrected chi connectivity index (χ4v) is 5.23. The molecule has 0 unspecified atom stereocenters. The highest BCUT2D eigenvalue weighted by atomic mass is 32.2. The number of sulfonamides is 1. The van der Waals surface area contributed by atoms with Gasteiger partial charge in [-0.05, 0) is 43.7 Å². The predicted octanol–water partition coefficient (Wildman–Crippen LogP) is 5.30. The van der Waals surface area contributed by atoms with Crippen LogP contribution in [-0.4, -0.2) is 20.8 Å². The summed E-state index contributed by atoms with van der Waals surface area (Å²) < 4.78 is 40.4. The number of carbonyl (C=O) groups is 1. The largest absolute Gasteiger partial charge is 0.494 e. The molecule has 0 fully saturated rings. The van der Waals surface area contributed by atoms with E-state index in [-0.39, 0.29) is 10.7 Å². The lowest BCUT2D eigenvalue weighted by molar-refractivity contribution is 0.0971. The molecule has 1 heterocycles. The Hall–Kier alpha value is -3.32. The van der Waals surface area contributed by atoms with Crippen LogP contribution in [0.3, 0.4) is 0 Å². The molecule has 0 saturated carbocycles. The Balaban J connectivity index is 1.65. The standard InChI is InChI=1S/C24H21NO5S/c1-2-29-15-10-12-16(13-11-15)31(27,28)25-20-14-19-23-21(26)8-5-9-22(23)30-24(19)18-7-4-3-6-17(18)20/h3-4,6-7,10-14,25H,2,5,8-9H2,1H3. The number of ketones is 1. The van der Waals surface area contributed by atoms with Crippen molar-refractivity contribution < 1.29 is 22.4 Å². The van der Waals surface area contributed by atoms with Crippen molar-refractivity contribution in [3.05, 3.63) is 65.9 Å². The topological polar surface area (TPSA) is 85.6 Å². The van der Waals surface area contributed by atoms with Gasteiger partial charge in [0.2, 0.25) is 0 Å². The SMILES string of the molecule is CCOc1ccc(S(=O)(=O)Nc2cc3c4c(oc3c3ccccc23)CCCC4=O)cc1. The quantitative estimate of drug-likeness (QED) is 0.459. The molecule has 0 radical (unpaired) electrons. The lowest BCUT2D eigenvalue weighted by Gasteiger charge is -2.12. The first kappa shape index (κ1) is 19.6. The van der Waals surface area contributed by atoms with Crippen LogP contribution in [0.2, 0.25) is 0 Å². The summed E-state index contributed by atoms with van der Waals surface area (Å²) in [6.07, 6.45) is 1.94. The number of hydrogen-bond donors (Lipinski definition) is 1. The fourth-order valence-electron chi connectivity index (χ4n) is 4.15. The normalized spacial score (nSPS) is 14.0. The average Bonchev–Trinajstić information content (AvgIpc) is 3.14. The summed E-state index contributed by atoms with van der Waals surface area (Å²) in [5.41, 5.74) is 1.62. The van der Waals surface area contributed by atoms with E-state index >= 15 is 0 Å². The van der Waals surface area contributed by atoms with E-state index in [1.165, 1.54) is 12.1 Å². The third-order valence-electron chi connectivity index (χ3n) is 5.54. The molecule has 0 amide bonds. The van der Waals surface area contributed by atoms with Crippen LogP contribution >= 0.6 is 0 Å². The molecule has 0 bridgehead atoms. The molecule has 158 valence electrons. The number of Topliss-reactive ketones (excluding diaryl/α,β-unsaturated/α-hetero) is 1. The molecule has 1 aliphatic carbocycles. The monoisotopic (exact) mass is 435 g/mol. The van der Waals surface area contributed by atoms with Crippen molar-refractivity contribution in [2.45, 2.75) is 31.1 Å². The molecule has 6 nitrogen and oxygen atoms in total. The summed E-state index contributed by atoms with van der Waals surface area (Å²) in [4.78, 5) is 12.7. The van der Waals surface area contributed by atoms with Crippen LogP contribution in [0.1, 0.15) is 35.9 Å². The summed E-state index contributed by atoms with van der Waals surface area (Å²) >= 11 is 0. The zero-order chi connectivity index (χ0) is 21.6. The second-order valence-corrected chi connectivity index (χ2v) is 9.22. The molecular formula is C24H21NO5S. The highest BCUT2D eigenvalue weighted by Crippen LogP contribution is 2.39. The number of nitrogens with one attached hydrogen (secondary N) is 1. The number of ether oxygens (including phenoxy) is 1. The summed E-state index contributed by atoms with van der Waals surface area (Å²) in [5.74, 6) is 1.33. The second kappa shape index (κ2) is 7.42. The number of rotatable bonds is 5. The first-order chi connectivity index (χ1) is 15.0. The van der Waals surface area contributed by atoms with E-state index in [0.717, 1.165) is 11.8 Å². The van der Waals surface area contributed by atoms with Crippen molar-refractivity contribution in [3.8, 4) is 5.75 Å². The van der Waals surface area contributed by atoms with Crippen LogP contribution in [0.5, 0.6) is 5.75 Å². The summed E-state index contributed by atoms with van der Waals surface area (Å²) in [6, 6.07) is 15.4. The van der Waals surface area contributed by atoms with E-state index in [9.17, 15) is 13.2 Å². The van der Waals surface area contributed by atoms with Crippen LogP contribution in [0, 0.1) is 0 Å². The van der Waals surface area contributed by atoms with Crippen molar-refractivity contribution in [1.82, 2.24) is 0 Å². The maximum atomic E-state index is 13.1. The van der Waals surface area contributed by atoms with E-state index < -0.39 is 10.0 Å². The minimum Gasteiger partial charge on any atom is -0.494 e. The van der Waals surface area contributed by atoms with E-state index in [1.807, 2.05) is 31.2 Å². The lowest BCUT2D eigenvalue weighted by atomic mass is 9.93. The molecule has 7 heteroatoms. The number of benzene rings is 3. The Morgan fingerprint density at radius 3 is 2.48 bits per heavy atom. The van der Waals surface area contributed by atoms with Crippen LogP contribution < -0.4 is 9.46 Å². The number of aryl methyl sites for hydroxylation is 1. The highest BCUT2D eigenvalue weighted by molar-refractivity contribution is 7.92. The number of furan rings is 1. The first-order valence-corrected chi connectivity index (χ1v) is 11.7. The Morgan fingerprint density at radius 2 is 1.74 bits per heavy atom. The molecule has 0 aliphatic heterocycles. The smallest absolute Gasteiger partial charge is 0.261 e. The minimum atomic E-state index is -3.84. The third-order valence-corrected chi connectivity index (χ3v) is 6.93. The van der Waals surface area contributed by atoms with E-state index in [2.05, 4.69) is 4.72 Å². The Bertz CT molecular complexity index is 1420. The van der Waals surface area contributed by atoms with Crippen molar-refractivity contribution in [3.63, 3.8) is 0 Å². The van der Waals surface area contributed by atoms with Gasteiger partial charge in [0, 0.05) is 29.0 Å². The van der Waals surface area contributed by atoms with Gasteiger partial charge in [-0.3, -0.25) is 9.52 Å². The van der Waals surface area contributed by atoms with Gasteiger partial charge in [0.1, 0.15) is 17.1 Å².